The van der Waals surface area contributed by atoms with Crippen molar-refractivity contribution in [1.82, 2.24) is 0 Å². The van der Waals surface area contributed by atoms with Crippen molar-refractivity contribution < 1.29 is 18.9 Å². The van der Waals surface area contributed by atoms with Crippen LogP contribution in [0.3, 0.4) is 0 Å². The zero-order valence-corrected chi connectivity index (χ0v) is 23.9. The molecule has 0 aromatic heterocycles. The Morgan fingerprint density at radius 2 is 1.05 bits per heavy atom. The van der Waals surface area contributed by atoms with E-state index in [9.17, 15) is 20.0 Å². The number of benzene rings is 2. The average molecular weight is 537 g/mol. The highest BCUT2D eigenvalue weighted by atomic mass is 16.6. The molecule has 2 saturated heterocycles. The number of likely N-dealkylation sites (tertiary alicyclic amines) is 2. The van der Waals surface area contributed by atoms with Crippen molar-refractivity contribution in [2.24, 2.45) is 0 Å². The first-order chi connectivity index (χ1) is 18.5. The minimum atomic E-state index is -0.692. The normalized spacial score (nSPS) is 27.1. The van der Waals surface area contributed by atoms with Crippen molar-refractivity contribution in [3.63, 3.8) is 0 Å². The molecule has 0 bridgehead atoms. The standard InChI is InChI=1S/C31H44N4O4/c1-22-12-9-13-23(2)28(22)32-30(36)26-16-5-7-18-34(26,38)20-11-21-35(39)19-8-6-17-27(35)31(37)33-29-24(3)14-10-15-25(29)4/h9-10,12-15,26-27H,5-8,11,16-21H2,1-4H3,(H,32,36)(H,33,37)/t26?,27?,34-,35-/m1/s1. The summed E-state index contributed by atoms with van der Waals surface area (Å²) in [6.45, 7) is 8.96. The summed E-state index contributed by atoms with van der Waals surface area (Å²) in [7, 11) is 0. The van der Waals surface area contributed by atoms with Crippen LogP contribution in [0.2, 0.25) is 0 Å². The highest BCUT2D eigenvalue weighted by Gasteiger charge is 2.41. The largest absolute Gasteiger partial charge is 0.632 e. The first-order valence-electron chi connectivity index (χ1n) is 14.4. The van der Waals surface area contributed by atoms with Gasteiger partial charge < -0.3 is 30.3 Å². The number of rotatable bonds is 8. The molecule has 2 aromatic rings. The molecule has 4 rings (SSSR count). The smallest absolute Gasteiger partial charge is 0.283 e. The van der Waals surface area contributed by atoms with Gasteiger partial charge in [-0.1, -0.05) is 36.4 Å². The third-order valence-corrected chi connectivity index (χ3v) is 8.80. The number of quaternary nitrogens is 2. The zero-order valence-electron chi connectivity index (χ0n) is 23.9. The van der Waals surface area contributed by atoms with Gasteiger partial charge in [-0.15, -0.1) is 0 Å². The lowest BCUT2D eigenvalue weighted by Crippen LogP contribution is -2.61. The number of anilines is 2. The Balaban J connectivity index is 1.42. The number of hydrogen-bond acceptors (Lipinski definition) is 4. The lowest BCUT2D eigenvalue weighted by atomic mass is 9.98. The third kappa shape index (κ3) is 6.52. The van der Waals surface area contributed by atoms with Gasteiger partial charge in [0, 0.05) is 30.6 Å². The number of para-hydroxylation sites is 2. The Morgan fingerprint density at radius 1 is 0.692 bits per heavy atom. The van der Waals surface area contributed by atoms with Crippen molar-refractivity contribution in [2.75, 3.05) is 36.8 Å². The number of aryl methyl sites for hydroxylation is 4. The van der Waals surface area contributed by atoms with Crippen LogP contribution in [0, 0.1) is 38.1 Å². The van der Waals surface area contributed by atoms with Crippen LogP contribution in [0.15, 0.2) is 36.4 Å². The minimum absolute atomic E-state index is 0.207. The maximum Gasteiger partial charge on any atom is 0.283 e. The van der Waals surface area contributed by atoms with Crippen molar-refractivity contribution in [3.8, 4) is 0 Å². The number of nitrogens with zero attached hydrogens (tertiary/aromatic N) is 2. The number of carbonyl (C=O) groups is 2. The van der Waals surface area contributed by atoms with Crippen LogP contribution in [0.4, 0.5) is 11.4 Å². The van der Waals surface area contributed by atoms with Gasteiger partial charge in [-0.2, -0.15) is 0 Å². The fourth-order valence-corrected chi connectivity index (χ4v) is 6.48. The molecular weight excluding hydrogens is 492 g/mol. The number of hydrogen-bond donors (Lipinski definition) is 2. The Morgan fingerprint density at radius 3 is 1.41 bits per heavy atom. The predicted octanol–water partition coefficient (Wildman–Crippen LogP) is 5.62. The number of carbonyl (C=O) groups excluding carboxylic acids is 2. The van der Waals surface area contributed by atoms with E-state index in [0.29, 0.717) is 32.4 Å². The maximum atomic E-state index is 14.0. The highest BCUT2D eigenvalue weighted by Crippen LogP contribution is 2.31. The summed E-state index contributed by atoms with van der Waals surface area (Å²) < 4.78 is -1.20. The Hall–Kier alpha value is -2.78. The van der Waals surface area contributed by atoms with Gasteiger partial charge in [0.1, 0.15) is 0 Å². The van der Waals surface area contributed by atoms with Gasteiger partial charge in [-0.3, -0.25) is 9.59 Å². The summed E-state index contributed by atoms with van der Waals surface area (Å²) in [6, 6.07) is 10.3. The van der Waals surface area contributed by atoms with Crippen LogP contribution in [0.1, 0.15) is 67.2 Å². The molecule has 8 heteroatoms. The average Bonchev–Trinajstić information content (AvgIpc) is 2.88. The molecule has 8 nitrogen and oxygen atoms in total. The van der Waals surface area contributed by atoms with E-state index in [4.69, 9.17) is 0 Å². The molecule has 2 fully saturated rings. The van der Waals surface area contributed by atoms with Gasteiger partial charge in [-0.05, 0) is 75.6 Å². The molecule has 0 radical (unpaired) electrons. The molecule has 0 spiro atoms. The Kier molecular flexibility index (Phi) is 9.11. The van der Waals surface area contributed by atoms with Gasteiger partial charge in [0.15, 0.2) is 12.1 Å². The lowest BCUT2D eigenvalue weighted by molar-refractivity contribution is -0.919. The van der Waals surface area contributed by atoms with Crippen molar-refractivity contribution in [2.45, 2.75) is 84.7 Å². The first-order valence-corrected chi connectivity index (χ1v) is 14.4. The molecule has 2 heterocycles. The summed E-state index contributed by atoms with van der Waals surface area (Å²) in [6.07, 6.45) is 4.69. The molecule has 2 N–H and O–H groups in total. The van der Waals surface area contributed by atoms with Gasteiger partial charge in [0.25, 0.3) is 11.8 Å². The van der Waals surface area contributed by atoms with Crippen LogP contribution in [0.25, 0.3) is 0 Å². The van der Waals surface area contributed by atoms with Crippen LogP contribution >= 0.6 is 0 Å². The van der Waals surface area contributed by atoms with Gasteiger partial charge in [-0.25, -0.2) is 0 Å². The fourth-order valence-electron chi connectivity index (χ4n) is 6.48. The van der Waals surface area contributed by atoms with E-state index >= 15 is 0 Å². The molecule has 2 aliphatic heterocycles. The predicted molar refractivity (Wildman–Crippen MR) is 156 cm³/mol. The number of amides is 2. The topological polar surface area (TPSA) is 104 Å². The number of nitrogens with one attached hydrogen (secondary N) is 2. The Labute approximate surface area is 232 Å². The Bertz CT molecular complexity index is 1070. The first kappa shape index (κ1) is 29.2. The van der Waals surface area contributed by atoms with Crippen LogP contribution < -0.4 is 10.6 Å². The summed E-state index contributed by atoms with van der Waals surface area (Å²) in [4.78, 5) is 26.7. The second-order valence-corrected chi connectivity index (χ2v) is 11.7. The second kappa shape index (κ2) is 12.2. The molecule has 2 unspecified atom stereocenters. The van der Waals surface area contributed by atoms with E-state index in [0.717, 1.165) is 59.3 Å². The van der Waals surface area contributed by atoms with E-state index < -0.39 is 21.4 Å². The quantitative estimate of drug-likeness (QED) is 0.337. The van der Waals surface area contributed by atoms with Crippen LogP contribution in [-0.2, 0) is 9.59 Å². The molecule has 39 heavy (non-hydrogen) atoms. The fraction of sp³-hybridized carbons (Fsp3) is 0.548. The van der Waals surface area contributed by atoms with Crippen LogP contribution in [0.5, 0.6) is 0 Å². The summed E-state index contributed by atoms with van der Waals surface area (Å²) in [5.74, 6) is -0.478. The molecule has 2 aromatic carbocycles. The van der Waals surface area contributed by atoms with Gasteiger partial charge in [0.2, 0.25) is 0 Å². The number of piperidine rings is 2. The van der Waals surface area contributed by atoms with Gasteiger partial charge in [0.05, 0.1) is 26.2 Å². The number of hydroxylamine groups is 6. The second-order valence-electron chi connectivity index (χ2n) is 11.7. The zero-order chi connectivity index (χ0) is 28.2. The van der Waals surface area contributed by atoms with E-state index in [1.54, 1.807) is 0 Å². The third-order valence-electron chi connectivity index (χ3n) is 8.80. The maximum absolute atomic E-state index is 14.0. The summed E-state index contributed by atoms with van der Waals surface area (Å²) >= 11 is 0. The summed E-state index contributed by atoms with van der Waals surface area (Å²) in [5, 5.41) is 34.1. The van der Waals surface area contributed by atoms with E-state index in [1.807, 2.05) is 64.1 Å². The highest BCUT2D eigenvalue weighted by molar-refractivity contribution is 5.96. The van der Waals surface area contributed by atoms with Crippen molar-refractivity contribution >= 4 is 23.2 Å². The lowest BCUT2D eigenvalue weighted by Gasteiger charge is -2.53. The molecule has 2 aliphatic rings. The van der Waals surface area contributed by atoms with Gasteiger partial charge >= 0.3 is 0 Å². The van der Waals surface area contributed by atoms with E-state index in [1.165, 1.54) is 0 Å². The van der Waals surface area contributed by atoms with Crippen molar-refractivity contribution in [1.29, 1.82) is 0 Å². The molecule has 0 aliphatic carbocycles. The molecule has 212 valence electrons. The summed E-state index contributed by atoms with van der Waals surface area (Å²) in [5.41, 5.74) is 5.42. The monoisotopic (exact) mass is 536 g/mol. The molecule has 0 saturated carbocycles. The molecule has 2 amide bonds. The minimum Gasteiger partial charge on any atom is -0.632 e. The SMILES string of the molecule is Cc1cccc(C)c1NC(=O)C1CCCC[N@@+]1([O-])CCC[N@+]1([O-])CCCCC1C(=O)Nc1c(C)cccc1C. The molecule has 4 atom stereocenters. The molecular formula is C31H44N4O4. The van der Waals surface area contributed by atoms with E-state index in [2.05, 4.69) is 10.6 Å². The van der Waals surface area contributed by atoms with E-state index in [-0.39, 0.29) is 24.9 Å². The van der Waals surface area contributed by atoms with Crippen molar-refractivity contribution in [3.05, 3.63) is 69.1 Å². The van der Waals surface area contributed by atoms with Crippen LogP contribution in [-0.4, -0.2) is 59.4 Å².